The average Bonchev–Trinajstić information content (AvgIpc) is 3.22. The fourth-order valence-electron chi connectivity index (χ4n) is 3.74. The number of carbonyl (C=O) groups excluding carboxylic acids is 1. The zero-order valence-corrected chi connectivity index (χ0v) is 16.0. The van der Waals surface area contributed by atoms with Crippen LogP contribution in [0.25, 0.3) is 11.0 Å². The van der Waals surface area contributed by atoms with Gasteiger partial charge < -0.3 is 9.87 Å². The van der Waals surface area contributed by atoms with Crippen LogP contribution in [0.2, 0.25) is 0 Å². The van der Waals surface area contributed by atoms with Gasteiger partial charge in [0.15, 0.2) is 5.65 Å². The quantitative estimate of drug-likeness (QED) is 0.806. The molecule has 140 valence electrons. The fraction of sp³-hybridized carbons (Fsp3) is 0.588. The van der Waals surface area contributed by atoms with Crippen molar-refractivity contribution in [1.29, 1.82) is 0 Å². The number of hydrogen-bond acceptors (Lipinski definition) is 5. The van der Waals surface area contributed by atoms with Gasteiger partial charge in [-0.25, -0.2) is 4.98 Å². The Labute approximate surface area is 153 Å². The van der Waals surface area contributed by atoms with E-state index < -0.39 is 10.4 Å². The molecule has 2 fully saturated rings. The summed E-state index contributed by atoms with van der Waals surface area (Å²) in [6, 6.07) is 1.88. The molecule has 1 N–H and O–H groups in total. The number of amides is 1. The third-order valence-corrected chi connectivity index (χ3v) is 6.58. The number of sulfonamides is 1. The maximum absolute atomic E-state index is 12.5. The van der Waals surface area contributed by atoms with Crippen molar-refractivity contribution in [3.63, 3.8) is 0 Å². The lowest BCUT2D eigenvalue weighted by Crippen LogP contribution is -2.32. The van der Waals surface area contributed by atoms with E-state index in [0.29, 0.717) is 36.6 Å². The SMILES string of the molecule is CNC(=O)c1cc(C2CC2)nc2c1c(C1CCN([S+](C)(=O)[O-])C1)nn2C. The molecule has 1 amide bonds. The van der Waals surface area contributed by atoms with Gasteiger partial charge in [0, 0.05) is 38.2 Å². The van der Waals surface area contributed by atoms with Gasteiger partial charge in [0.1, 0.15) is 16.7 Å². The number of hydrogen-bond donors (Lipinski definition) is 1. The molecule has 26 heavy (non-hydrogen) atoms. The third-order valence-electron chi connectivity index (χ3n) is 5.31. The summed E-state index contributed by atoms with van der Waals surface area (Å²) in [4.78, 5) is 17.3. The van der Waals surface area contributed by atoms with Gasteiger partial charge >= 0.3 is 0 Å². The minimum Gasteiger partial charge on any atom is -0.598 e. The molecular formula is C17H23N5O3S. The van der Waals surface area contributed by atoms with Gasteiger partial charge in [-0.15, -0.1) is 4.31 Å². The summed E-state index contributed by atoms with van der Waals surface area (Å²) in [5.41, 5.74) is 2.98. The Morgan fingerprint density at radius 2 is 2.08 bits per heavy atom. The first kappa shape index (κ1) is 17.6. The van der Waals surface area contributed by atoms with Crippen LogP contribution in [0, 0.1) is 0 Å². The number of aromatic nitrogens is 3. The molecule has 9 heteroatoms. The molecule has 0 aromatic carbocycles. The van der Waals surface area contributed by atoms with Crippen molar-refractivity contribution in [3.8, 4) is 0 Å². The Morgan fingerprint density at radius 1 is 1.35 bits per heavy atom. The Kier molecular flexibility index (Phi) is 4.13. The summed E-state index contributed by atoms with van der Waals surface area (Å²) >= 11 is 0. The highest BCUT2D eigenvalue weighted by atomic mass is 32.3. The largest absolute Gasteiger partial charge is 0.598 e. The number of nitrogens with one attached hydrogen (secondary N) is 1. The van der Waals surface area contributed by atoms with Gasteiger partial charge in [-0.05, 0) is 25.3 Å². The summed E-state index contributed by atoms with van der Waals surface area (Å²) in [7, 11) is 0.212. The van der Waals surface area contributed by atoms with Crippen LogP contribution >= 0.6 is 0 Å². The van der Waals surface area contributed by atoms with Crippen molar-refractivity contribution in [2.24, 2.45) is 7.05 Å². The van der Waals surface area contributed by atoms with Gasteiger partial charge in [0.05, 0.1) is 23.2 Å². The first-order valence-corrected chi connectivity index (χ1v) is 10.7. The summed E-state index contributed by atoms with van der Waals surface area (Å²) in [6.45, 7) is 0.868. The van der Waals surface area contributed by atoms with E-state index in [4.69, 9.17) is 4.98 Å². The standard InChI is InChI=1S/C17H23N5O3S/c1-18-17(23)12-8-13(10-4-5-10)19-16-14(12)15(20-21(16)2)11-6-7-22(9-11)26(3,24)25/h8,10-11H,4-7,9H2,1-3H3,(H-,18,23,24,25). The van der Waals surface area contributed by atoms with Crippen molar-refractivity contribution >= 4 is 27.3 Å². The molecular weight excluding hydrogens is 354 g/mol. The van der Waals surface area contributed by atoms with E-state index in [1.54, 1.807) is 11.7 Å². The molecule has 0 radical (unpaired) electrons. The van der Waals surface area contributed by atoms with Crippen molar-refractivity contribution < 1.29 is 13.6 Å². The molecule has 1 saturated heterocycles. The van der Waals surface area contributed by atoms with Gasteiger partial charge in [0.25, 0.3) is 5.91 Å². The predicted molar refractivity (Wildman–Crippen MR) is 97.6 cm³/mol. The topological polar surface area (TPSA) is 103 Å². The zero-order valence-electron chi connectivity index (χ0n) is 15.2. The van der Waals surface area contributed by atoms with Gasteiger partial charge in [-0.1, -0.05) is 4.21 Å². The van der Waals surface area contributed by atoms with E-state index in [0.717, 1.165) is 29.6 Å². The van der Waals surface area contributed by atoms with Gasteiger partial charge in [-0.2, -0.15) is 5.10 Å². The van der Waals surface area contributed by atoms with E-state index in [1.807, 2.05) is 13.1 Å². The molecule has 3 heterocycles. The summed E-state index contributed by atoms with van der Waals surface area (Å²) in [5.74, 6) is 0.227. The lowest BCUT2D eigenvalue weighted by molar-refractivity contribution is 0.0964. The second-order valence-electron chi connectivity index (χ2n) is 7.26. The van der Waals surface area contributed by atoms with Crippen molar-refractivity contribution in [3.05, 3.63) is 23.0 Å². The maximum atomic E-state index is 12.5. The molecule has 0 spiro atoms. The first-order chi connectivity index (χ1) is 12.3. The van der Waals surface area contributed by atoms with Crippen molar-refractivity contribution in [1.82, 2.24) is 24.4 Å². The monoisotopic (exact) mass is 377 g/mol. The van der Waals surface area contributed by atoms with Crippen LogP contribution in [0.1, 0.15) is 52.8 Å². The number of carbonyl (C=O) groups is 1. The predicted octanol–water partition coefficient (Wildman–Crippen LogP) is 1.17. The lowest BCUT2D eigenvalue weighted by atomic mass is 9.98. The Hall–Kier alpha value is -1.84. The Bertz CT molecular complexity index is 930. The second-order valence-corrected chi connectivity index (χ2v) is 9.24. The van der Waals surface area contributed by atoms with E-state index in [-0.39, 0.29) is 11.8 Å². The molecule has 2 atom stereocenters. The van der Waals surface area contributed by atoms with Crippen LogP contribution in [-0.2, 0) is 21.7 Å². The minimum absolute atomic E-state index is 0.0367. The molecule has 0 bridgehead atoms. The first-order valence-electron chi connectivity index (χ1n) is 8.84. The van der Waals surface area contributed by atoms with Crippen LogP contribution in [0.3, 0.4) is 0 Å². The van der Waals surface area contributed by atoms with Crippen LogP contribution in [0.4, 0.5) is 0 Å². The molecule has 2 aromatic rings. The molecule has 1 aliphatic heterocycles. The van der Waals surface area contributed by atoms with E-state index in [9.17, 15) is 13.6 Å². The molecule has 1 aliphatic carbocycles. The van der Waals surface area contributed by atoms with Crippen LogP contribution in [0.15, 0.2) is 6.07 Å². The normalized spacial score (nSPS) is 23.3. The minimum atomic E-state index is -3.23. The third kappa shape index (κ3) is 2.93. The van der Waals surface area contributed by atoms with Crippen LogP contribution in [-0.4, -0.2) is 55.9 Å². The highest BCUT2D eigenvalue weighted by molar-refractivity contribution is 7.94. The summed E-state index contributed by atoms with van der Waals surface area (Å²) in [5, 5.41) is 8.10. The number of aryl methyl sites for hydroxylation is 1. The van der Waals surface area contributed by atoms with E-state index in [2.05, 4.69) is 10.4 Å². The Balaban J connectivity index is 1.83. The fourth-order valence-corrected chi connectivity index (χ4v) is 4.62. The number of fused-ring (bicyclic) bond motifs is 1. The summed E-state index contributed by atoms with van der Waals surface area (Å²) < 4.78 is 26.9. The number of pyridine rings is 1. The highest BCUT2D eigenvalue weighted by Crippen LogP contribution is 2.41. The molecule has 1 saturated carbocycles. The number of nitrogens with zero attached hydrogens (tertiary/aromatic N) is 4. The van der Waals surface area contributed by atoms with E-state index >= 15 is 0 Å². The van der Waals surface area contributed by atoms with Crippen LogP contribution in [0.5, 0.6) is 0 Å². The zero-order chi connectivity index (χ0) is 18.6. The van der Waals surface area contributed by atoms with Crippen molar-refractivity contribution in [2.45, 2.75) is 31.1 Å². The highest BCUT2D eigenvalue weighted by Gasteiger charge is 2.37. The van der Waals surface area contributed by atoms with E-state index in [1.165, 1.54) is 10.6 Å². The molecule has 8 nitrogen and oxygen atoms in total. The smallest absolute Gasteiger partial charge is 0.251 e. The lowest BCUT2D eigenvalue weighted by Gasteiger charge is -2.19. The molecule has 4 rings (SSSR count). The van der Waals surface area contributed by atoms with Crippen LogP contribution < -0.4 is 5.32 Å². The van der Waals surface area contributed by atoms with Gasteiger partial charge in [-0.3, -0.25) is 9.48 Å². The van der Waals surface area contributed by atoms with Gasteiger partial charge in [0.2, 0.25) is 0 Å². The summed E-state index contributed by atoms with van der Waals surface area (Å²) in [6.07, 6.45) is 4.12. The molecule has 2 aliphatic rings. The molecule has 2 unspecified atom stereocenters. The molecule has 2 aromatic heterocycles. The maximum Gasteiger partial charge on any atom is 0.251 e. The number of rotatable bonds is 4. The average molecular weight is 377 g/mol. The van der Waals surface area contributed by atoms with Crippen molar-refractivity contribution in [2.75, 3.05) is 26.4 Å². The Morgan fingerprint density at radius 3 is 2.65 bits per heavy atom. The second kappa shape index (κ2) is 6.11.